The van der Waals surface area contributed by atoms with Crippen LogP contribution in [0, 0.1) is 0 Å². The Morgan fingerprint density at radius 2 is 1.92 bits per heavy atom. The zero-order valence-corrected chi connectivity index (χ0v) is 14.4. The lowest BCUT2D eigenvalue weighted by Crippen LogP contribution is -2.49. The highest BCUT2D eigenvalue weighted by Crippen LogP contribution is 2.36. The number of carbonyl (C=O) groups excluding carboxylic acids is 1. The van der Waals surface area contributed by atoms with Gasteiger partial charge in [-0.05, 0) is 43.3 Å². The van der Waals surface area contributed by atoms with Gasteiger partial charge in [0.1, 0.15) is 11.5 Å². The van der Waals surface area contributed by atoms with Crippen LogP contribution in [0.15, 0.2) is 53.4 Å². The summed E-state index contributed by atoms with van der Waals surface area (Å²) in [5.74, 6) is 0.160. The highest BCUT2D eigenvalue weighted by Gasteiger charge is 2.36. The van der Waals surface area contributed by atoms with E-state index in [9.17, 15) is 13.2 Å². The SMILES string of the molecule is CCOc1ccc(S(=O)(=O)N2C[C@H](C(N)=O)Oc3ccccc32)cc1. The molecule has 0 aliphatic carbocycles. The van der Waals surface area contributed by atoms with E-state index in [0.29, 0.717) is 23.8 Å². The van der Waals surface area contributed by atoms with Crippen molar-refractivity contribution >= 4 is 21.6 Å². The van der Waals surface area contributed by atoms with Gasteiger partial charge in [-0.15, -0.1) is 0 Å². The summed E-state index contributed by atoms with van der Waals surface area (Å²) in [6.07, 6.45) is -1.05. The maximum absolute atomic E-state index is 13.1. The molecule has 7 nitrogen and oxygen atoms in total. The number of primary amides is 1. The lowest BCUT2D eigenvalue weighted by molar-refractivity contribution is -0.124. The molecule has 0 radical (unpaired) electrons. The molecule has 2 N–H and O–H groups in total. The number of amides is 1. The van der Waals surface area contributed by atoms with Crippen LogP contribution in [-0.2, 0) is 14.8 Å². The summed E-state index contributed by atoms with van der Waals surface area (Å²) in [5.41, 5.74) is 5.69. The highest BCUT2D eigenvalue weighted by atomic mass is 32.2. The largest absolute Gasteiger partial charge is 0.494 e. The van der Waals surface area contributed by atoms with Crippen LogP contribution in [0.25, 0.3) is 0 Å². The summed E-state index contributed by atoms with van der Waals surface area (Å²) in [4.78, 5) is 11.6. The molecule has 0 unspecified atom stereocenters. The molecule has 0 fully saturated rings. The second kappa shape index (κ2) is 6.64. The van der Waals surface area contributed by atoms with Crippen LogP contribution < -0.4 is 19.5 Å². The highest BCUT2D eigenvalue weighted by molar-refractivity contribution is 7.92. The molecule has 3 rings (SSSR count). The van der Waals surface area contributed by atoms with Crippen molar-refractivity contribution in [2.45, 2.75) is 17.9 Å². The summed E-state index contributed by atoms with van der Waals surface area (Å²) >= 11 is 0. The van der Waals surface area contributed by atoms with E-state index in [1.807, 2.05) is 6.92 Å². The molecule has 25 heavy (non-hydrogen) atoms. The first-order chi connectivity index (χ1) is 11.9. The van der Waals surface area contributed by atoms with Crippen LogP contribution in [0.4, 0.5) is 5.69 Å². The molecular formula is C17H18N2O5S. The molecule has 0 aromatic heterocycles. The number of fused-ring (bicyclic) bond motifs is 1. The number of carbonyl (C=O) groups is 1. The van der Waals surface area contributed by atoms with Gasteiger partial charge in [0.2, 0.25) is 0 Å². The van der Waals surface area contributed by atoms with E-state index in [4.69, 9.17) is 15.2 Å². The van der Waals surface area contributed by atoms with Gasteiger partial charge in [-0.1, -0.05) is 12.1 Å². The quantitative estimate of drug-likeness (QED) is 0.869. The minimum atomic E-state index is -3.88. The van der Waals surface area contributed by atoms with Gasteiger partial charge >= 0.3 is 0 Å². The second-order valence-electron chi connectivity index (χ2n) is 5.42. The Morgan fingerprint density at radius 1 is 1.24 bits per heavy atom. The molecule has 0 saturated heterocycles. The van der Waals surface area contributed by atoms with E-state index < -0.39 is 22.0 Å². The number of hydrogen-bond acceptors (Lipinski definition) is 5. The number of nitrogens with zero attached hydrogens (tertiary/aromatic N) is 1. The normalized spacial score (nSPS) is 16.7. The zero-order chi connectivity index (χ0) is 18.0. The Bertz CT molecular complexity index is 880. The number of rotatable bonds is 5. The van der Waals surface area contributed by atoms with Crippen molar-refractivity contribution in [1.82, 2.24) is 0 Å². The van der Waals surface area contributed by atoms with Crippen molar-refractivity contribution < 1.29 is 22.7 Å². The fourth-order valence-corrected chi connectivity index (χ4v) is 4.06. The number of para-hydroxylation sites is 2. The van der Waals surface area contributed by atoms with Crippen LogP contribution >= 0.6 is 0 Å². The molecule has 132 valence electrons. The molecule has 2 aromatic carbocycles. The maximum Gasteiger partial charge on any atom is 0.264 e. The minimum absolute atomic E-state index is 0.0934. The van der Waals surface area contributed by atoms with Crippen LogP contribution in [0.3, 0.4) is 0 Å². The standard InChI is InChI=1S/C17H18N2O5S/c1-2-23-12-7-9-13(10-8-12)25(21,22)19-11-16(17(18)20)24-15-6-4-3-5-14(15)19/h3-10,16H,2,11H2,1H3,(H2,18,20)/t16-/m1/s1. The number of ether oxygens (including phenoxy) is 2. The monoisotopic (exact) mass is 362 g/mol. The average Bonchev–Trinajstić information content (AvgIpc) is 2.61. The molecule has 1 heterocycles. The van der Waals surface area contributed by atoms with E-state index in [1.54, 1.807) is 36.4 Å². The smallest absolute Gasteiger partial charge is 0.264 e. The molecule has 8 heteroatoms. The van der Waals surface area contributed by atoms with Crippen molar-refractivity contribution in [2.24, 2.45) is 5.73 Å². The van der Waals surface area contributed by atoms with Gasteiger partial charge in [-0.3, -0.25) is 9.10 Å². The Labute approximate surface area is 146 Å². The fourth-order valence-electron chi connectivity index (χ4n) is 2.58. The molecule has 1 atom stereocenters. The van der Waals surface area contributed by atoms with E-state index in [0.717, 1.165) is 4.31 Å². The van der Waals surface area contributed by atoms with Crippen LogP contribution in [0.2, 0.25) is 0 Å². The van der Waals surface area contributed by atoms with Gasteiger partial charge in [0.25, 0.3) is 15.9 Å². The Balaban J connectivity index is 2.02. The van der Waals surface area contributed by atoms with Crippen molar-refractivity contribution in [3.8, 4) is 11.5 Å². The molecule has 0 bridgehead atoms. The first-order valence-corrected chi connectivity index (χ1v) is 9.18. The predicted molar refractivity (Wildman–Crippen MR) is 92.2 cm³/mol. The van der Waals surface area contributed by atoms with Crippen LogP contribution in [-0.4, -0.2) is 33.6 Å². The summed E-state index contributed by atoms with van der Waals surface area (Å²) in [6.45, 7) is 2.16. The van der Waals surface area contributed by atoms with Gasteiger partial charge in [0.15, 0.2) is 6.10 Å². The lowest BCUT2D eigenvalue weighted by Gasteiger charge is -2.34. The van der Waals surface area contributed by atoms with Gasteiger partial charge in [-0.25, -0.2) is 8.42 Å². The number of anilines is 1. The number of hydrogen-bond donors (Lipinski definition) is 1. The molecule has 1 aliphatic heterocycles. The third kappa shape index (κ3) is 3.25. The van der Waals surface area contributed by atoms with E-state index in [-0.39, 0.29) is 11.4 Å². The predicted octanol–water partition coefficient (Wildman–Crippen LogP) is 1.53. The van der Waals surface area contributed by atoms with E-state index >= 15 is 0 Å². The lowest BCUT2D eigenvalue weighted by atomic mass is 10.2. The number of benzene rings is 2. The van der Waals surface area contributed by atoms with Gasteiger partial charge in [-0.2, -0.15) is 0 Å². The fraction of sp³-hybridized carbons (Fsp3) is 0.235. The second-order valence-corrected chi connectivity index (χ2v) is 7.28. The first-order valence-electron chi connectivity index (χ1n) is 7.74. The molecule has 1 amide bonds. The molecule has 1 aliphatic rings. The Morgan fingerprint density at radius 3 is 2.56 bits per heavy atom. The Kier molecular flexibility index (Phi) is 4.54. The molecule has 2 aromatic rings. The summed E-state index contributed by atoms with van der Waals surface area (Å²) in [5, 5.41) is 0. The van der Waals surface area contributed by atoms with Crippen molar-refractivity contribution in [1.29, 1.82) is 0 Å². The minimum Gasteiger partial charge on any atom is -0.494 e. The number of sulfonamides is 1. The molecule has 0 spiro atoms. The first kappa shape index (κ1) is 17.1. The molecular weight excluding hydrogens is 344 g/mol. The summed E-state index contributed by atoms with van der Waals surface area (Å²) in [7, 11) is -3.88. The van der Waals surface area contributed by atoms with Gasteiger partial charge in [0.05, 0.1) is 23.7 Å². The average molecular weight is 362 g/mol. The third-order valence-electron chi connectivity index (χ3n) is 3.77. The van der Waals surface area contributed by atoms with Gasteiger partial charge < -0.3 is 15.2 Å². The zero-order valence-electron chi connectivity index (χ0n) is 13.6. The van der Waals surface area contributed by atoms with E-state index in [1.165, 1.54) is 12.1 Å². The van der Waals surface area contributed by atoms with Crippen LogP contribution in [0.5, 0.6) is 11.5 Å². The summed E-state index contributed by atoms with van der Waals surface area (Å²) in [6, 6.07) is 12.7. The number of nitrogens with two attached hydrogens (primary N) is 1. The topological polar surface area (TPSA) is 98.9 Å². The van der Waals surface area contributed by atoms with Crippen molar-refractivity contribution in [3.63, 3.8) is 0 Å². The van der Waals surface area contributed by atoms with Crippen molar-refractivity contribution in [2.75, 3.05) is 17.5 Å². The third-order valence-corrected chi connectivity index (χ3v) is 5.57. The summed E-state index contributed by atoms with van der Waals surface area (Å²) < 4.78 is 38.1. The van der Waals surface area contributed by atoms with Crippen molar-refractivity contribution in [3.05, 3.63) is 48.5 Å². The molecule has 0 saturated carbocycles. The van der Waals surface area contributed by atoms with Gasteiger partial charge in [0, 0.05) is 0 Å². The maximum atomic E-state index is 13.1. The Hall–Kier alpha value is -2.74. The van der Waals surface area contributed by atoms with Crippen LogP contribution in [0.1, 0.15) is 6.92 Å². The van der Waals surface area contributed by atoms with E-state index in [2.05, 4.69) is 0 Å².